The zero-order valence-corrected chi connectivity index (χ0v) is 12.3. The average Bonchev–Trinajstić information content (AvgIpc) is 3.09. The highest BCUT2D eigenvalue weighted by atomic mass is 32.2. The molecule has 0 heterocycles. The Morgan fingerprint density at radius 2 is 2.05 bits per heavy atom. The molecule has 0 amide bonds. The Balaban J connectivity index is 1.95. The van der Waals surface area contributed by atoms with Crippen molar-refractivity contribution in [2.75, 3.05) is 6.61 Å². The van der Waals surface area contributed by atoms with Crippen molar-refractivity contribution >= 4 is 10.8 Å². The van der Waals surface area contributed by atoms with Crippen LogP contribution in [-0.4, -0.2) is 26.3 Å². The van der Waals surface area contributed by atoms with Crippen LogP contribution in [0.2, 0.25) is 0 Å². The van der Waals surface area contributed by atoms with Gasteiger partial charge >= 0.3 is 0 Å². The van der Waals surface area contributed by atoms with Crippen LogP contribution in [-0.2, 0) is 16.4 Å². The van der Waals surface area contributed by atoms with Crippen molar-refractivity contribution in [3.05, 3.63) is 42.0 Å². The normalized spacial score (nSPS) is 32.2. The maximum atomic E-state index is 12.9. The zero-order valence-electron chi connectivity index (χ0n) is 11.5. The standard InChI is InChI=1S/C16H20O3S/c1-16(18,10-17)13-4-2-3-5-14(13)20(19)15-9-11-6-7-12(15)8-11/h2-7,11-12,15,17-18H,8-10H2,1H3/t11-,12+,15+,16?,20?/m0/s1. The quantitative estimate of drug-likeness (QED) is 0.834. The number of rotatable bonds is 4. The van der Waals surface area contributed by atoms with Gasteiger partial charge in [-0.15, -0.1) is 0 Å². The molecule has 108 valence electrons. The fourth-order valence-electron chi connectivity index (χ4n) is 3.31. The second-order valence-corrected chi connectivity index (χ2v) is 7.68. The number of fused-ring (bicyclic) bond motifs is 2. The van der Waals surface area contributed by atoms with E-state index in [2.05, 4.69) is 12.2 Å². The Morgan fingerprint density at radius 1 is 1.30 bits per heavy atom. The van der Waals surface area contributed by atoms with Gasteiger partial charge in [0.25, 0.3) is 0 Å². The van der Waals surface area contributed by atoms with Crippen molar-refractivity contribution in [1.82, 2.24) is 0 Å². The van der Waals surface area contributed by atoms with E-state index in [9.17, 15) is 14.4 Å². The molecule has 0 aromatic heterocycles. The molecule has 5 atom stereocenters. The summed E-state index contributed by atoms with van der Waals surface area (Å²) in [5.74, 6) is 0.965. The lowest BCUT2D eigenvalue weighted by molar-refractivity contribution is -0.00450. The SMILES string of the molecule is CC(O)(CO)c1ccccc1S(=O)[C@@H]1C[C@H]2C=C[C@@H]1C2. The van der Waals surface area contributed by atoms with Crippen molar-refractivity contribution in [2.45, 2.75) is 35.5 Å². The van der Waals surface area contributed by atoms with Crippen molar-refractivity contribution < 1.29 is 14.4 Å². The highest BCUT2D eigenvalue weighted by molar-refractivity contribution is 7.85. The number of aliphatic hydroxyl groups is 2. The van der Waals surface area contributed by atoms with E-state index < -0.39 is 16.4 Å². The summed E-state index contributed by atoms with van der Waals surface area (Å²) < 4.78 is 12.9. The van der Waals surface area contributed by atoms with Crippen LogP contribution in [0.5, 0.6) is 0 Å². The van der Waals surface area contributed by atoms with Gasteiger partial charge in [0.1, 0.15) is 5.60 Å². The molecule has 4 heteroatoms. The molecule has 2 aliphatic carbocycles. The number of hydrogen-bond acceptors (Lipinski definition) is 3. The van der Waals surface area contributed by atoms with Crippen molar-refractivity contribution in [3.63, 3.8) is 0 Å². The molecule has 2 bridgehead atoms. The Labute approximate surface area is 121 Å². The predicted octanol–water partition coefficient (Wildman–Crippen LogP) is 1.96. The molecular formula is C16H20O3S. The molecule has 0 aliphatic heterocycles. The second kappa shape index (κ2) is 5.10. The van der Waals surface area contributed by atoms with E-state index in [0.717, 1.165) is 12.8 Å². The van der Waals surface area contributed by atoms with Crippen molar-refractivity contribution in [3.8, 4) is 0 Å². The minimum absolute atomic E-state index is 0.139. The molecule has 1 aromatic carbocycles. The average molecular weight is 292 g/mol. The third kappa shape index (κ3) is 2.26. The highest BCUT2D eigenvalue weighted by Gasteiger charge is 2.40. The van der Waals surface area contributed by atoms with Crippen LogP contribution in [0, 0.1) is 11.8 Å². The smallest absolute Gasteiger partial charge is 0.111 e. The van der Waals surface area contributed by atoms with Crippen molar-refractivity contribution in [1.29, 1.82) is 0 Å². The van der Waals surface area contributed by atoms with E-state index in [-0.39, 0.29) is 11.9 Å². The first kappa shape index (κ1) is 14.0. The lowest BCUT2D eigenvalue weighted by atomic mass is 9.97. The highest BCUT2D eigenvalue weighted by Crippen LogP contribution is 2.43. The summed E-state index contributed by atoms with van der Waals surface area (Å²) in [7, 11) is -1.14. The van der Waals surface area contributed by atoms with Gasteiger partial charge in [-0.3, -0.25) is 4.21 Å². The van der Waals surface area contributed by atoms with Gasteiger partial charge in [-0.2, -0.15) is 0 Å². The molecule has 2 aliphatic rings. The van der Waals surface area contributed by atoms with E-state index in [1.54, 1.807) is 19.1 Å². The molecule has 0 radical (unpaired) electrons. The summed E-state index contributed by atoms with van der Waals surface area (Å²) in [5, 5.41) is 19.8. The first-order valence-electron chi connectivity index (χ1n) is 7.04. The van der Waals surface area contributed by atoms with Gasteiger partial charge in [0.05, 0.1) is 17.4 Å². The van der Waals surface area contributed by atoms with Crippen LogP contribution in [0.15, 0.2) is 41.3 Å². The number of aliphatic hydroxyl groups excluding tert-OH is 1. The summed E-state index contributed by atoms with van der Waals surface area (Å²) in [6.45, 7) is 1.18. The van der Waals surface area contributed by atoms with E-state index in [1.165, 1.54) is 0 Å². The van der Waals surface area contributed by atoms with Gasteiger partial charge in [-0.05, 0) is 37.7 Å². The summed E-state index contributed by atoms with van der Waals surface area (Å²) in [5.41, 5.74) is -0.771. The zero-order chi connectivity index (χ0) is 14.3. The van der Waals surface area contributed by atoms with Crippen LogP contribution in [0.4, 0.5) is 0 Å². The molecule has 3 rings (SSSR count). The van der Waals surface area contributed by atoms with Crippen LogP contribution in [0.3, 0.4) is 0 Å². The Morgan fingerprint density at radius 3 is 2.65 bits per heavy atom. The molecular weight excluding hydrogens is 272 g/mol. The Kier molecular flexibility index (Phi) is 3.56. The number of hydrogen-bond donors (Lipinski definition) is 2. The first-order valence-corrected chi connectivity index (χ1v) is 8.26. The van der Waals surface area contributed by atoms with Gasteiger partial charge in [0.15, 0.2) is 0 Å². The maximum Gasteiger partial charge on any atom is 0.111 e. The molecule has 1 fully saturated rings. The molecule has 1 aromatic rings. The fraction of sp³-hybridized carbons (Fsp3) is 0.500. The molecule has 1 saturated carbocycles. The Bertz CT molecular complexity index is 565. The van der Waals surface area contributed by atoms with E-state index >= 15 is 0 Å². The van der Waals surface area contributed by atoms with Gasteiger partial charge in [-0.25, -0.2) is 0 Å². The molecule has 0 spiro atoms. The van der Waals surface area contributed by atoms with E-state index in [0.29, 0.717) is 22.3 Å². The minimum Gasteiger partial charge on any atom is -0.393 e. The third-order valence-electron chi connectivity index (χ3n) is 4.48. The molecule has 2 unspecified atom stereocenters. The summed E-state index contributed by atoms with van der Waals surface area (Å²) in [6, 6.07) is 7.21. The third-order valence-corrected chi connectivity index (χ3v) is 6.37. The molecule has 2 N–H and O–H groups in total. The van der Waals surface area contributed by atoms with Gasteiger partial charge in [-0.1, -0.05) is 30.4 Å². The predicted molar refractivity (Wildman–Crippen MR) is 78.6 cm³/mol. The largest absolute Gasteiger partial charge is 0.393 e. The summed E-state index contributed by atoms with van der Waals surface area (Å²) in [6.07, 6.45) is 6.48. The first-order chi connectivity index (χ1) is 9.53. The van der Waals surface area contributed by atoms with E-state index in [4.69, 9.17) is 0 Å². The fourth-order valence-corrected chi connectivity index (χ4v) is 5.30. The monoisotopic (exact) mass is 292 g/mol. The van der Waals surface area contributed by atoms with Crippen molar-refractivity contribution in [2.24, 2.45) is 11.8 Å². The number of allylic oxidation sites excluding steroid dienone is 2. The van der Waals surface area contributed by atoms with Gasteiger partial charge in [0.2, 0.25) is 0 Å². The maximum absolute atomic E-state index is 12.9. The summed E-state index contributed by atoms with van der Waals surface area (Å²) in [4.78, 5) is 0.664. The van der Waals surface area contributed by atoms with E-state index in [1.807, 2.05) is 12.1 Å². The minimum atomic E-state index is -1.35. The summed E-state index contributed by atoms with van der Waals surface area (Å²) >= 11 is 0. The molecule has 3 nitrogen and oxygen atoms in total. The van der Waals surface area contributed by atoms with Crippen LogP contribution < -0.4 is 0 Å². The molecule has 0 saturated heterocycles. The van der Waals surface area contributed by atoms with Crippen LogP contribution >= 0.6 is 0 Å². The number of benzene rings is 1. The van der Waals surface area contributed by atoms with Crippen LogP contribution in [0.25, 0.3) is 0 Å². The second-order valence-electron chi connectivity index (χ2n) is 6.04. The lowest BCUT2D eigenvalue weighted by Gasteiger charge is -2.26. The Hall–Kier alpha value is -0.970. The topological polar surface area (TPSA) is 57.5 Å². The lowest BCUT2D eigenvalue weighted by Crippen LogP contribution is -2.29. The van der Waals surface area contributed by atoms with Crippen LogP contribution in [0.1, 0.15) is 25.3 Å². The van der Waals surface area contributed by atoms with Gasteiger partial charge < -0.3 is 10.2 Å². The molecule has 20 heavy (non-hydrogen) atoms. The van der Waals surface area contributed by atoms with Gasteiger partial charge in [0, 0.05) is 15.7 Å².